The van der Waals surface area contributed by atoms with Crippen LogP contribution in [0.25, 0.3) is 5.69 Å². The number of nitrogens with one attached hydrogen (secondary N) is 1. The molecular weight excluding hydrogens is 306 g/mol. The van der Waals surface area contributed by atoms with Crippen molar-refractivity contribution >= 4 is 17.3 Å². The first-order chi connectivity index (χ1) is 11.6. The number of aromatic nitrogens is 2. The zero-order valence-electron chi connectivity index (χ0n) is 12.9. The van der Waals surface area contributed by atoms with Gasteiger partial charge < -0.3 is 5.73 Å². The maximum Gasteiger partial charge on any atom is 0.299 e. The number of nitrogens with zero attached hydrogens (tertiary/aromatic N) is 3. The summed E-state index contributed by atoms with van der Waals surface area (Å²) in [4.78, 5) is 23.9. The first-order valence-corrected chi connectivity index (χ1v) is 7.25. The van der Waals surface area contributed by atoms with Gasteiger partial charge in [-0.25, -0.2) is 4.68 Å². The van der Waals surface area contributed by atoms with Crippen molar-refractivity contribution < 1.29 is 4.79 Å². The second-order valence-electron chi connectivity index (χ2n) is 5.14. The summed E-state index contributed by atoms with van der Waals surface area (Å²) in [6, 6.07) is 15.7. The summed E-state index contributed by atoms with van der Waals surface area (Å²) in [5.41, 5.74) is 7.01. The van der Waals surface area contributed by atoms with Crippen LogP contribution in [0.2, 0.25) is 0 Å². The molecule has 1 heterocycles. The Hall–Kier alpha value is -3.48. The average molecular weight is 321 g/mol. The molecule has 0 aliphatic heterocycles. The molecule has 0 spiro atoms. The molecule has 0 radical (unpaired) electrons. The smallest absolute Gasteiger partial charge is 0.299 e. The summed E-state index contributed by atoms with van der Waals surface area (Å²) in [5, 5.41) is 11.0. The molecule has 2 aromatic carbocycles. The molecule has 3 N–H and O–H groups in total. The highest BCUT2D eigenvalue weighted by atomic mass is 16.1. The Balaban J connectivity index is 2.02. The highest BCUT2D eigenvalue weighted by molar-refractivity contribution is 5.97. The zero-order chi connectivity index (χ0) is 17.1. The first kappa shape index (κ1) is 15.4. The minimum Gasteiger partial charge on any atom is -0.366 e. The van der Waals surface area contributed by atoms with E-state index in [1.807, 2.05) is 18.2 Å². The van der Waals surface area contributed by atoms with Crippen LogP contribution in [0.3, 0.4) is 0 Å². The Labute approximate surface area is 137 Å². The van der Waals surface area contributed by atoms with Crippen LogP contribution in [0.4, 0.5) is 11.4 Å². The van der Waals surface area contributed by atoms with Gasteiger partial charge in [0, 0.05) is 0 Å². The zero-order valence-corrected chi connectivity index (χ0v) is 12.9. The molecule has 7 heteroatoms. The third-order valence-electron chi connectivity index (χ3n) is 3.48. The number of amides is 1. The molecule has 0 bridgehead atoms. The Morgan fingerprint density at radius 1 is 1.04 bits per heavy atom. The van der Waals surface area contributed by atoms with Gasteiger partial charge in [-0.05, 0) is 31.2 Å². The molecule has 0 fully saturated rings. The number of azo groups is 1. The number of aryl methyl sites for hydroxylation is 1. The molecule has 0 aliphatic carbocycles. The van der Waals surface area contributed by atoms with E-state index in [1.54, 1.807) is 43.3 Å². The van der Waals surface area contributed by atoms with Crippen LogP contribution in [0.5, 0.6) is 0 Å². The standard InChI is InChI=1S/C17H15N5O2/c1-11-15(17(24)22(21-11)12-7-3-2-4-8-12)20-19-14-10-6-5-9-13(14)16(18)23/h2-10,21H,1H3,(H2,18,23). The van der Waals surface area contributed by atoms with Crippen molar-refractivity contribution in [3.63, 3.8) is 0 Å². The van der Waals surface area contributed by atoms with Gasteiger partial charge in [0.15, 0.2) is 5.69 Å². The number of rotatable bonds is 4. The van der Waals surface area contributed by atoms with Gasteiger partial charge in [-0.2, -0.15) is 0 Å². The van der Waals surface area contributed by atoms with Crippen LogP contribution in [0.1, 0.15) is 16.1 Å². The van der Waals surface area contributed by atoms with Crippen LogP contribution in [0, 0.1) is 6.92 Å². The molecule has 0 aliphatic rings. The molecule has 3 aromatic rings. The molecule has 0 saturated heterocycles. The van der Waals surface area contributed by atoms with E-state index >= 15 is 0 Å². The van der Waals surface area contributed by atoms with Gasteiger partial charge in [-0.3, -0.25) is 14.7 Å². The lowest BCUT2D eigenvalue weighted by atomic mass is 10.2. The number of primary amides is 1. The van der Waals surface area contributed by atoms with E-state index in [-0.39, 0.29) is 16.8 Å². The maximum absolute atomic E-state index is 12.5. The molecule has 1 amide bonds. The molecular formula is C17H15N5O2. The van der Waals surface area contributed by atoms with Crippen LogP contribution < -0.4 is 11.3 Å². The second-order valence-corrected chi connectivity index (χ2v) is 5.14. The van der Waals surface area contributed by atoms with Gasteiger partial charge in [-0.1, -0.05) is 30.3 Å². The number of H-pyrrole nitrogens is 1. The van der Waals surface area contributed by atoms with Crippen molar-refractivity contribution in [2.24, 2.45) is 16.0 Å². The van der Waals surface area contributed by atoms with Crippen molar-refractivity contribution in [2.45, 2.75) is 6.92 Å². The Kier molecular flexibility index (Phi) is 4.07. The predicted octanol–water partition coefficient (Wildman–Crippen LogP) is 2.99. The van der Waals surface area contributed by atoms with Crippen LogP contribution in [-0.4, -0.2) is 15.7 Å². The number of hydrogen-bond acceptors (Lipinski definition) is 4. The Morgan fingerprint density at radius 3 is 2.42 bits per heavy atom. The number of para-hydroxylation sites is 1. The maximum atomic E-state index is 12.5. The number of hydrogen-bond donors (Lipinski definition) is 2. The fraction of sp³-hybridized carbons (Fsp3) is 0.0588. The van der Waals surface area contributed by atoms with E-state index in [0.717, 1.165) is 0 Å². The minimum absolute atomic E-state index is 0.179. The first-order valence-electron chi connectivity index (χ1n) is 7.25. The molecule has 0 unspecified atom stereocenters. The van der Waals surface area contributed by atoms with Gasteiger partial charge in [0.05, 0.1) is 22.6 Å². The van der Waals surface area contributed by atoms with E-state index in [9.17, 15) is 9.59 Å². The van der Waals surface area contributed by atoms with E-state index in [2.05, 4.69) is 15.3 Å². The molecule has 1 aromatic heterocycles. The summed E-state index contributed by atoms with van der Waals surface area (Å²) < 4.78 is 1.39. The van der Waals surface area contributed by atoms with Crippen LogP contribution in [-0.2, 0) is 0 Å². The number of nitrogens with two attached hydrogens (primary N) is 1. The van der Waals surface area contributed by atoms with Gasteiger partial charge in [-0.15, -0.1) is 10.2 Å². The highest BCUT2D eigenvalue weighted by Gasteiger charge is 2.12. The van der Waals surface area contributed by atoms with E-state index in [4.69, 9.17) is 5.73 Å². The molecule has 120 valence electrons. The number of carbonyl (C=O) groups is 1. The van der Waals surface area contributed by atoms with Crippen molar-refractivity contribution in [3.05, 3.63) is 76.2 Å². The Bertz CT molecular complexity index is 970. The van der Waals surface area contributed by atoms with Crippen molar-refractivity contribution in [1.29, 1.82) is 0 Å². The van der Waals surface area contributed by atoms with Gasteiger partial charge in [0.1, 0.15) is 0 Å². The lowest BCUT2D eigenvalue weighted by Gasteiger charge is -1.99. The Morgan fingerprint density at radius 2 is 1.71 bits per heavy atom. The normalized spacial score (nSPS) is 11.0. The topological polar surface area (TPSA) is 106 Å². The summed E-state index contributed by atoms with van der Waals surface area (Å²) in [5.74, 6) is -0.600. The average Bonchev–Trinajstić information content (AvgIpc) is 2.88. The monoisotopic (exact) mass is 321 g/mol. The van der Waals surface area contributed by atoms with Crippen molar-refractivity contribution in [3.8, 4) is 5.69 Å². The molecule has 7 nitrogen and oxygen atoms in total. The van der Waals surface area contributed by atoms with E-state index < -0.39 is 5.91 Å². The highest BCUT2D eigenvalue weighted by Crippen LogP contribution is 2.22. The van der Waals surface area contributed by atoms with Gasteiger partial charge >= 0.3 is 0 Å². The van der Waals surface area contributed by atoms with E-state index in [0.29, 0.717) is 17.1 Å². The summed E-state index contributed by atoms with van der Waals surface area (Å²) in [7, 11) is 0. The number of aromatic amines is 1. The van der Waals surface area contributed by atoms with Crippen molar-refractivity contribution in [2.75, 3.05) is 0 Å². The summed E-state index contributed by atoms with van der Waals surface area (Å²) in [6.45, 7) is 1.73. The van der Waals surface area contributed by atoms with Crippen LogP contribution >= 0.6 is 0 Å². The lowest BCUT2D eigenvalue weighted by Crippen LogP contribution is -2.13. The number of benzene rings is 2. The second kappa shape index (κ2) is 6.33. The van der Waals surface area contributed by atoms with Crippen molar-refractivity contribution in [1.82, 2.24) is 9.78 Å². The largest absolute Gasteiger partial charge is 0.366 e. The predicted molar refractivity (Wildman–Crippen MR) is 90.3 cm³/mol. The minimum atomic E-state index is -0.600. The molecule has 3 rings (SSSR count). The third kappa shape index (κ3) is 2.87. The molecule has 0 saturated carbocycles. The molecule has 24 heavy (non-hydrogen) atoms. The summed E-state index contributed by atoms with van der Waals surface area (Å²) >= 11 is 0. The molecule has 0 atom stereocenters. The lowest BCUT2D eigenvalue weighted by molar-refractivity contribution is 0.100. The number of carbonyl (C=O) groups excluding carboxylic acids is 1. The summed E-state index contributed by atoms with van der Waals surface area (Å²) in [6.07, 6.45) is 0. The SMILES string of the molecule is Cc1[nH]n(-c2ccccc2)c(=O)c1N=Nc1ccccc1C(N)=O. The van der Waals surface area contributed by atoms with E-state index in [1.165, 1.54) is 4.68 Å². The third-order valence-corrected chi connectivity index (χ3v) is 3.48. The van der Waals surface area contributed by atoms with Gasteiger partial charge in [0.25, 0.3) is 11.5 Å². The quantitative estimate of drug-likeness (QED) is 0.721. The van der Waals surface area contributed by atoms with Crippen LogP contribution in [0.15, 0.2) is 69.6 Å². The fourth-order valence-electron chi connectivity index (χ4n) is 2.29. The van der Waals surface area contributed by atoms with Gasteiger partial charge in [0.2, 0.25) is 0 Å². The fourth-order valence-corrected chi connectivity index (χ4v) is 2.29.